The van der Waals surface area contributed by atoms with E-state index in [0.717, 1.165) is 13.1 Å². The van der Waals surface area contributed by atoms with Gasteiger partial charge in [-0.05, 0) is 68.1 Å². The number of amides is 1. The highest BCUT2D eigenvalue weighted by atomic mass is 19.1. The van der Waals surface area contributed by atoms with E-state index in [2.05, 4.69) is 4.90 Å². The molecule has 4 rings (SSSR count). The average molecular weight is 576 g/mol. The van der Waals surface area contributed by atoms with E-state index >= 15 is 0 Å². The molecule has 1 N–H and O–H groups in total. The fourth-order valence-corrected chi connectivity index (χ4v) is 5.47. The Balaban J connectivity index is 1.55. The summed E-state index contributed by atoms with van der Waals surface area (Å²) in [4.78, 5) is 31.4. The molecule has 3 heterocycles. The minimum absolute atomic E-state index is 0.0776. The van der Waals surface area contributed by atoms with Gasteiger partial charge in [-0.3, -0.25) is 4.79 Å². The van der Waals surface area contributed by atoms with Crippen LogP contribution in [0.5, 0.6) is 0 Å². The van der Waals surface area contributed by atoms with Gasteiger partial charge in [0, 0.05) is 37.8 Å². The number of nitrogens with zero attached hydrogens (tertiary/aromatic N) is 3. The lowest BCUT2D eigenvalue weighted by Crippen LogP contribution is -2.48. The highest BCUT2D eigenvalue weighted by Crippen LogP contribution is 2.29. The first-order chi connectivity index (χ1) is 19.5. The molecular formula is C31H43F2N3O5. The summed E-state index contributed by atoms with van der Waals surface area (Å²) < 4.78 is 39.6. The number of carbonyl (C=O) groups excluding carboxylic acids is 2. The summed E-state index contributed by atoms with van der Waals surface area (Å²) in [6, 6.07) is 4.55. The van der Waals surface area contributed by atoms with Crippen LogP contribution in [0.3, 0.4) is 0 Å². The largest absolute Gasteiger partial charge is 0.457 e. The zero-order valence-electron chi connectivity index (χ0n) is 24.5. The summed E-state index contributed by atoms with van der Waals surface area (Å²) in [5, 5.41) is 10.5. The number of anilines is 1. The predicted molar refractivity (Wildman–Crippen MR) is 154 cm³/mol. The fourth-order valence-electron chi connectivity index (χ4n) is 5.47. The van der Waals surface area contributed by atoms with E-state index in [-0.39, 0.29) is 37.4 Å². The Morgan fingerprint density at radius 3 is 2.49 bits per heavy atom. The lowest BCUT2D eigenvalue weighted by molar-refractivity contribution is -0.151. The Morgan fingerprint density at radius 1 is 1.10 bits per heavy atom. The lowest BCUT2D eigenvalue weighted by atomic mass is 9.91. The van der Waals surface area contributed by atoms with Gasteiger partial charge in [-0.2, -0.15) is 0 Å². The number of hydrogen-bond acceptors (Lipinski definition) is 7. The number of likely N-dealkylation sites (N-methyl/N-ethyl adjacent to an activating group) is 1. The maximum Gasteiger partial charge on any atom is 0.410 e. The van der Waals surface area contributed by atoms with Crippen molar-refractivity contribution in [3.63, 3.8) is 0 Å². The first-order valence-electron chi connectivity index (χ1n) is 14.6. The molecule has 1 amide bonds. The number of alkyl halides is 1. The van der Waals surface area contributed by atoms with Gasteiger partial charge in [0.05, 0.1) is 25.6 Å². The van der Waals surface area contributed by atoms with Crippen molar-refractivity contribution in [3.8, 4) is 0 Å². The van der Waals surface area contributed by atoms with E-state index in [1.54, 1.807) is 21.9 Å². The number of benzene rings is 1. The maximum atomic E-state index is 14.4. The van der Waals surface area contributed by atoms with Crippen LogP contribution in [-0.2, 0) is 14.3 Å². The first kappa shape index (κ1) is 31.0. The molecule has 10 heteroatoms. The second-order valence-electron chi connectivity index (χ2n) is 11.8. The zero-order valence-corrected chi connectivity index (χ0v) is 24.5. The second kappa shape index (κ2) is 13.8. The summed E-state index contributed by atoms with van der Waals surface area (Å²) in [7, 11) is 2.02. The van der Waals surface area contributed by atoms with Crippen molar-refractivity contribution in [3.05, 3.63) is 47.3 Å². The third kappa shape index (κ3) is 8.52. The van der Waals surface area contributed by atoms with Crippen LogP contribution in [0.1, 0.15) is 45.6 Å². The SMILES string of the molecule is C/C(=C\c1cc(F)cc(N2CC(F)C2)c1)[C@H]1OC(=O)C[C@H](O)CC[C@H](C)[C@@H](OC(=O)N2CCN(C)CC2)/C=C\[C@@H]1C. The first-order valence-corrected chi connectivity index (χ1v) is 14.6. The van der Waals surface area contributed by atoms with Crippen LogP contribution in [0, 0.1) is 17.7 Å². The van der Waals surface area contributed by atoms with Crippen LogP contribution in [-0.4, -0.2) is 97.8 Å². The van der Waals surface area contributed by atoms with E-state index in [1.165, 1.54) is 12.1 Å². The highest BCUT2D eigenvalue weighted by molar-refractivity contribution is 5.71. The van der Waals surface area contributed by atoms with Gasteiger partial charge in [0.1, 0.15) is 24.2 Å². The van der Waals surface area contributed by atoms with Gasteiger partial charge in [0.25, 0.3) is 0 Å². The van der Waals surface area contributed by atoms with E-state index < -0.39 is 36.3 Å². The number of esters is 1. The Morgan fingerprint density at radius 2 is 1.80 bits per heavy atom. The van der Waals surface area contributed by atoms with Crippen molar-refractivity contribution in [2.24, 2.45) is 11.8 Å². The third-order valence-corrected chi connectivity index (χ3v) is 8.21. The van der Waals surface area contributed by atoms with Crippen molar-refractivity contribution in [2.75, 3.05) is 51.2 Å². The molecule has 0 spiro atoms. The van der Waals surface area contributed by atoms with Crippen LogP contribution < -0.4 is 4.90 Å². The van der Waals surface area contributed by atoms with Gasteiger partial charge in [-0.25, -0.2) is 13.6 Å². The van der Waals surface area contributed by atoms with E-state index in [1.807, 2.05) is 40.0 Å². The summed E-state index contributed by atoms with van der Waals surface area (Å²) >= 11 is 0. The van der Waals surface area contributed by atoms with E-state index in [0.29, 0.717) is 42.8 Å². The van der Waals surface area contributed by atoms with Crippen LogP contribution in [0.25, 0.3) is 6.08 Å². The smallest absolute Gasteiger partial charge is 0.410 e. The number of ether oxygens (including phenoxy) is 2. The monoisotopic (exact) mass is 575 g/mol. The predicted octanol–water partition coefficient (Wildman–Crippen LogP) is 4.42. The molecule has 1 aromatic carbocycles. The molecule has 0 bridgehead atoms. The van der Waals surface area contributed by atoms with Gasteiger partial charge < -0.3 is 29.3 Å². The highest BCUT2D eigenvalue weighted by Gasteiger charge is 2.30. The molecule has 8 nitrogen and oxygen atoms in total. The number of rotatable bonds is 4. The Bertz CT molecular complexity index is 1130. The molecule has 1 aromatic rings. The molecule has 2 saturated heterocycles. The number of cyclic esters (lactones) is 1. The molecule has 226 valence electrons. The normalized spacial score (nSPS) is 30.1. The van der Waals surface area contributed by atoms with Gasteiger partial charge in [-0.15, -0.1) is 0 Å². The quantitative estimate of drug-likeness (QED) is 0.420. The van der Waals surface area contributed by atoms with Crippen LogP contribution in [0.2, 0.25) is 0 Å². The molecule has 3 aliphatic heterocycles. The molecule has 5 atom stereocenters. The summed E-state index contributed by atoms with van der Waals surface area (Å²) in [6.07, 6.45) is 2.92. The number of aliphatic hydroxyl groups is 1. The topological polar surface area (TPSA) is 82.5 Å². The molecular weight excluding hydrogens is 532 g/mol. The maximum absolute atomic E-state index is 14.4. The van der Waals surface area contributed by atoms with Crippen molar-refractivity contribution >= 4 is 23.8 Å². The minimum Gasteiger partial charge on any atom is -0.457 e. The van der Waals surface area contributed by atoms with Gasteiger partial charge in [0.15, 0.2) is 0 Å². The number of aliphatic hydroxyl groups excluding tert-OH is 1. The second-order valence-corrected chi connectivity index (χ2v) is 11.8. The van der Waals surface area contributed by atoms with Crippen molar-refractivity contribution in [2.45, 2.75) is 64.5 Å². The Kier molecular flexibility index (Phi) is 10.4. The van der Waals surface area contributed by atoms with Crippen LogP contribution >= 0.6 is 0 Å². The number of piperazine rings is 1. The summed E-state index contributed by atoms with van der Waals surface area (Å²) in [5.41, 5.74) is 1.86. The Hall–Kier alpha value is -2.98. The molecule has 2 fully saturated rings. The lowest BCUT2D eigenvalue weighted by Gasteiger charge is -2.36. The van der Waals surface area contributed by atoms with Crippen molar-refractivity contribution < 1.29 is 33.0 Å². The van der Waals surface area contributed by atoms with Crippen LogP contribution in [0.15, 0.2) is 35.9 Å². The zero-order chi connectivity index (χ0) is 29.7. The fraction of sp³-hybridized carbons (Fsp3) is 0.613. The van der Waals surface area contributed by atoms with Gasteiger partial charge in [-0.1, -0.05) is 26.0 Å². The van der Waals surface area contributed by atoms with Gasteiger partial charge >= 0.3 is 12.1 Å². The molecule has 0 radical (unpaired) electrons. The summed E-state index contributed by atoms with van der Waals surface area (Å²) in [6.45, 7) is 8.92. The molecule has 41 heavy (non-hydrogen) atoms. The van der Waals surface area contributed by atoms with Crippen molar-refractivity contribution in [1.82, 2.24) is 9.80 Å². The van der Waals surface area contributed by atoms with Gasteiger partial charge in [0.2, 0.25) is 0 Å². The number of carbonyl (C=O) groups is 2. The van der Waals surface area contributed by atoms with Crippen LogP contribution in [0.4, 0.5) is 19.3 Å². The average Bonchev–Trinajstić information content (AvgIpc) is 2.90. The number of halogens is 2. The minimum atomic E-state index is -0.912. The molecule has 0 aromatic heterocycles. The van der Waals surface area contributed by atoms with E-state index in [9.17, 15) is 23.5 Å². The Labute approximate surface area is 241 Å². The summed E-state index contributed by atoms with van der Waals surface area (Å²) in [5.74, 6) is -1.34. The molecule has 0 unspecified atom stereocenters. The molecule has 3 aliphatic rings. The number of hydrogen-bond donors (Lipinski definition) is 1. The van der Waals surface area contributed by atoms with E-state index in [4.69, 9.17) is 9.47 Å². The molecule has 0 aliphatic carbocycles. The molecule has 0 saturated carbocycles. The van der Waals surface area contributed by atoms with Crippen molar-refractivity contribution in [1.29, 1.82) is 0 Å². The standard InChI is InChI=1S/C31H43F2N3O5/c1-20-5-7-27(37)17-29(38)41-30(21(2)6-8-28(20)40-31(39)35-11-9-34(4)10-12-35)22(3)13-23-14-24(32)16-26(15-23)36-18-25(33)19-36/h6,8,13-16,20-21,25,27-28,30,37H,5,7,9-12,17-19H2,1-4H3/b8-6-,22-13+/t20-,21-,27+,28-,30-/m0/s1. The third-order valence-electron chi connectivity index (χ3n) is 8.21.